The summed E-state index contributed by atoms with van der Waals surface area (Å²) in [5.41, 5.74) is 2.10. The predicted octanol–water partition coefficient (Wildman–Crippen LogP) is 3.87. The van der Waals surface area contributed by atoms with Crippen LogP contribution in [-0.4, -0.2) is 48.1 Å². The van der Waals surface area contributed by atoms with Crippen LogP contribution >= 0.6 is 11.3 Å². The zero-order valence-electron chi connectivity index (χ0n) is 17.0. The molecule has 0 spiro atoms. The van der Waals surface area contributed by atoms with E-state index in [1.54, 1.807) is 23.5 Å². The van der Waals surface area contributed by atoms with Crippen molar-refractivity contribution in [2.24, 2.45) is 4.99 Å². The van der Waals surface area contributed by atoms with Gasteiger partial charge in [-0.2, -0.15) is 0 Å². The number of aromatic nitrogens is 1. The molecule has 7 heteroatoms. The van der Waals surface area contributed by atoms with E-state index < -0.39 is 0 Å². The molecule has 2 aromatic rings. The molecule has 152 valence electrons. The first kappa shape index (κ1) is 20.7. The summed E-state index contributed by atoms with van der Waals surface area (Å²) >= 11 is 1.75. The van der Waals surface area contributed by atoms with Gasteiger partial charge in [0, 0.05) is 30.9 Å². The van der Waals surface area contributed by atoms with Gasteiger partial charge in [0.1, 0.15) is 11.9 Å². The van der Waals surface area contributed by atoms with Crippen molar-refractivity contribution in [2.45, 2.75) is 46.3 Å². The van der Waals surface area contributed by atoms with Gasteiger partial charge < -0.3 is 15.0 Å². The molecule has 0 aliphatic carbocycles. The Morgan fingerprint density at radius 3 is 2.71 bits per heavy atom. The Balaban J connectivity index is 1.70. The molecule has 5 nitrogen and oxygen atoms in total. The lowest BCUT2D eigenvalue weighted by atomic mass is 10.1. The van der Waals surface area contributed by atoms with E-state index in [0.717, 1.165) is 48.3 Å². The van der Waals surface area contributed by atoms with Gasteiger partial charge >= 0.3 is 0 Å². The Morgan fingerprint density at radius 1 is 1.32 bits per heavy atom. The van der Waals surface area contributed by atoms with Crippen LogP contribution in [0.1, 0.15) is 41.1 Å². The standard InChI is InChI=1S/C21H29FN4OS/c1-5-23-21(24-11-10-20-15(3)25-16(4)28-20)26-12-14(2)27-19(13-26)17-6-8-18(22)9-7-17/h6-9,14,19H,5,10-13H2,1-4H3,(H,23,24). The number of aliphatic imine (C=N–C) groups is 1. The van der Waals surface area contributed by atoms with Crippen LogP contribution < -0.4 is 5.32 Å². The molecule has 3 rings (SSSR count). The molecule has 1 aromatic carbocycles. The summed E-state index contributed by atoms with van der Waals surface area (Å²) in [7, 11) is 0. The molecule has 1 saturated heterocycles. The van der Waals surface area contributed by atoms with Crippen LogP contribution in [0.2, 0.25) is 0 Å². The summed E-state index contributed by atoms with van der Waals surface area (Å²) in [6.07, 6.45) is 0.867. The van der Waals surface area contributed by atoms with Crippen molar-refractivity contribution >= 4 is 17.3 Å². The fraction of sp³-hybridized carbons (Fsp3) is 0.524. The number of thiazole rings is 1. The number of morpholine rings is 1. The minimum Gasteiger partial charge on any atom is -0.367 e. The third kappa shape index (κ3) is 5.29. The molecule has 1 N–H and O–H groups in total. The van der Waals surface area contributed by atoms with Crippen molar-refractivity contribution in [1.29, 1.82) is 0 Å². The lowest BCUT2D eigenvalue weighted by Crippen LogP contribution is -2.50. The minimum atomic E-state index is -0.229. The molecule has 2 unspecified atom stereocenters. The second-order valence-corrected chi connectivity index (χ2v) is 8.41. The van der Waals surface area contributed by atoms with Crippen LogP contribution in [0.3, 0.4) is 0 Å². The molecule has 0 amide bonds. The van der Waals surface area contributed by atoms with E-state index in [4.69, 9.17) is 9.73 Å². The van der Waals surface area contributed by atoms with Crippen molar-refractivity contribution in [3.05, 3.63) is 51.2 Å². The highest BCUT2D eigenvalue weighted by Crippen LogP contribution is 2.25. The van der Waals surface area contributed by atoms with Gasteiger partial charge in [-0.15, -0.1) is 11.3 Å². The zero-order chi connectivity index (χ0) is 20.1. The number of aryl methyl sites for hydroxylation is 2. The maximum Gasteiger partial charge on any atom is 0.194 e. The van der Waals surface area contributed by atoms with Crippen molar-refractivity contribution in [1.82, 2.24) is 15.2 Å². The maximum absolute atomic E-state index is 13.3. The third-order valence-corrected chi connectivity index (χ3v) is 5.87. The predicted molar refractivity (Wildman–Crippen MR) is 113 cm³/mol. The highest BCUT2D eigenvalue weighted by molar-refractivity contribution is 7.11. The highest BCUT2D eigenvalue weighted by Gasteiger charge is 2.28. The first-order chi connectivity index (χ1) is 13.5. The van der Waals surface area contributed by atoms with Gasteiger partial charge in [0.05, 0.1) is 23.4 Å². The summed E-state index contributed by atoms with van der Waals surface area (Å²) < 4.78 is 19.4. The number of guanidine groups is 1. The van der Waals surface area contributed by atoms with Crippen LogP contribution in [0.15, 0.2) is 29.3 Å². The SMILES string of the molecule is CCNC(=NCCc1sc(C)nc1C)N1CC(C)OC(c2ccc(F)cc2)C1. The third-order valence-electron chi connectivity index (χ3n) is 4.74. The second kappa shape index (κ2) is 9.47. The topological polar surface area (TPSA) is 49.8 Å². The van der Waals surface area contributed by atoms with E-state index in [1.165, 1.54) is 17.0 Å². The Hall–Kier alpha value is -1.99. The normalized spacial score (nSPS) is 20.5. The molecular weight excluding hydrogens is 375 g/mol. The van der Waals surface area contributed by atoms with Gasteiger partial charge in [-0.3, -0.25) is 4.99 Å². The molecule has 1 aliphatic rings. The lowest BCUT2D eigenvalue weighted by molar-refractivity contribution is -0.0605. The largest absolute Gasteiger partial charge is 0.367 e. The number of hydrogen-bond acceptors (Lipinski definition) is 4. The first-order valence-electron chi connectivity index (χ1n) is 9.83. The fourth-order valence-corrected chi connectivity index (χ4v) is 4.41. The fourth-order valence-electron chi connectivity index (χ4n) is 3.48. The van der Waals surface area contributed by atoms with E-state index in [9.17, 15) is 4.39 Å². The molecule has 28 heavy (non-hydrogen) atoms. The van der Waals surface area contributed by atoms with Gasteiger partial charge in [-0.1, -0.05) is 12.1 Å². The summed E-state index contributed by atoms with van der Waals surface area (Å²) in [4.78, 5) is 12.9. The number of nitrogens with one attached hydrogen (secondary N) is 1. The summed E-state index contributed by atoms with van der Waals surface area (Å²) in [5.74, 6) is 0.677. The molecule has 0 bridgehead atoms. The van der Waals surface area contributed by atoms with Crippen LogP contribution in [0, 0.1) is 19.7 Å². The summed E-state index contributed by atoms with van der Waals surface area (Å²) in [6, 6.07) is 6.58. The van der Waals surface area contributed by atoms with E-state index in [-0.39, 0.29) is 18.0 Å². The van der Waals surface area contributed by atoms with E-state index in [0.29, 0.717) is 6.54 Å². The van der Waals surface area contributed by atoms with Crippen molar-refractivity contribution in [3.8, 4) is 0 Å². The van der Waals surface area contributed by atoms with Crippen LogP contribution in [0.25, 0.3) is 0 Å². The molecule has 0 radical (unpaired) electrons. The molecule has 2 heterocycles. The molecule has 2 atom stereocenters. The molecule has 1 aromatic heterocycles. The van der Waals surface area contributed by atoms with Gasteiger partial charge in [0.2, 0.25) is 0 Å². The van der Waals surface area contributed by atoms with Crippen molar-refractivity contribution < 1.29 is 9.13 Å². The lowest BCUT2D eigenvalue weighted by Gasteiger charge is -2.38. The minimum absolute atomic E-state index is 0.0686. The van der Waals surface area contributed by atoms with Gasteiger partial charge in [0.25, 0.3) is 0 Å². The van der Waals surface area contributed by atoms with Gasteiger partial charge in [-0.25, -0.2) is 9.37 Å². The second-order valence-electron chi connectivity index (χ2n) is 7.12. The zero-order valence-corrected chi connectivity index (χ0v) is 17.9. The highest BCUT2D eigenvalue weighted by atomic mass is 32.1. The Kier molecular flexibility index (Phi) is 7.02. The number of rotatable bonds is 5. The van der Waals surface area contributed by atoms with E-state index in [1.807, 2.05) is 6.92 Å². The van der Waals surface area contributed by atoms with Gasteiger partial charge in [-0.05, 0) is 45.4 Å². The van der Waals surface area contributed by atoms with Crippen LogP contribution in [-0.2, 0) is 11.2 Å². The van der Waals surface area contributed by atoms with Crippen molar-refractivity contribution in [2.75, 3.05) is 26.2 Å². The molecule has 1 aliphatic heterocycles. The number of halogens is 1. The molecular formula is C21H29FN4OS. The Bertz CT molecular complexity index is 805. The number of benzene rings is 1. The smallest absolute Gasteiger partial charge is 0.194 e. The number of ether oxygens (including phenoxy) is 1. The number of nitrogens with zero attached hydrogens (tertiary/aromatic N) is 3. The van der Waals surface area contributed by atoms with Crippen LogP contribution in [0.5, 0.6) is 0 Å². The Labute approximate surface area is 170 Å². The monoisotopic (exact) mass is 404 g/mol. The molecule has 0 saturated carbocycles. The summed E-state index contributed by atoms with van der Waals surface area (Å²) in [6.45, 7) is 11.2. The van der Waals surface area contributed by atoms with E-state index >= 15 is 0 Å². The summed E-state index contributed by atoms with van der Waals surface area (Å²) in [5, 5.41) is 4.51. The quantitative estimate of drug-likeness (QED) is 0.607. The number of hydrogen-bond donors (Lipinski definition) is 1. The van der Waals surface area contributed by atoms with Crippen LogP contribution in [0.4, 0.5) is 4.39 Å². The average molecular weight is 405 g/mol. The average Bonchev–Trinajstić information content (AvgIpc) is 2.98. The van der Waals surface area contributed by atoms with Crippen molar-refractivity contribution in [3.63, 3.8) is 0 Å². The molecule has 1 fully saturated rings. The van der Waals surface area contributed by atoms with E-state index in [2.05, 4.69) is 36.0 Å². The Morgan fingerprint density at radius 2 is 2.07 bits per heavy atom. The van der Waals surface area contributed by atoms with Gasteiger partial charge in [0.15, 0.2) is 5.96 Å². The maximum atomic E-state index is 13.3. The first-order valence-corrected chi connectivity index (χ1v) is 10.6.